The molecule has 0 spiro atoms. The van der Waals surface area contributed by atoms with Gasteiger partial charge in [0.1, 0.15) is 22.4 Å². The number of anilines is 2. The van der Waals surface area contributed by atoms with Gasteiger partial charge < -0.3 is 15.2 Å². The van der Waals surface area contributed by atoms with Crippen molar-refractivity contribution in [2.24, 2.45) is 5.14 Å². The zero-order chi connectivity index (χ0) is 20.3. The van der Waals surface area contributed by atoms with Gasteiger partial charge in [-0.1, -0.05) is 0 Å². The third-order valence-electron chi connectivity index (χ3n) is 3.57. The summed E-state index contributed by atoms with van der Waals surface area (Å²) >= 11 is 1.36. The summed E-state index contributed by atoms with van der Waals surface area (Å²) in [7, 11) is -1.62. The van der Waals surface area contributed by atoms with Gasteiger partial charge in [0.25, 0.3) is 0 Å². The van der Waals surface area contributed by atoms with Crippen molar-refractivity contribution in [2.75, 3.05) is 5.32 Å². The molecule has 10 heteroatoms. The van der Waals surface area contributed by atoms with Crippen LogP contribution in [0.3, 0.4) is 0 Å². The number of rotatable bonds is 7. The summed E-state index contributed by atoms with van der Waals surface area (Å²) in [6, 6.07) is 8.12. The lowest BCUT2D eigenvalue weighted by Crippen LogP contribution is -2.09. The van der Waals surface area contributed by atoms with E-state index >= 15 is 0 Å². The zero-order valence-corrected chi connectivity index (χ0v) is 16.7. The SMILES string of the molecule is CC(C)Oc1ccc(S(N)=O)cc1Nc1nc(-c2ccc(C(=O)O)nc2)cs1. The molecular weight excluding hydrogens is 400 g/mol. The molecule has 0 radical (unpaired) electrons. The Morgan fingerprint density at radius 3 is 2.71 bits per heavy atom. The van der Waals surface area contributed by atoms with Crippen LogP contribution in [-0.4, -0.2) is 31.4 Å². The smallest absolute Gasteiger partial charge is 0.354 e. The number of hydrogen-bond acceptors (Lipinski definition) is 7. The van der Waals surface area contributed by atoms with Gasteiger partial charge in [-0.15, -0.1) is 11.3 Å². The van der Waals surface area contributed by atoms with Crippen molar-refractivity contribution in [1.82, 2.24) is 9.97 Å². The number of pyridine rings is 1. The first-order valence-corrected chi connectivity index (χ1v) is 10.3. The van der Waals surface area contributed by atoms with Gasteiger partial charge in [0, 0.05) is 17.1 Å². The van der Waals surface area contributed by atoms with Crippen LogP contribution in [-0.2, 0) is 11.0 Å². The van der Waals surface area contributed by atoms with Gasteiger partial charge in [0.15, 0.2) is 5.13 Å². The first kappa shape index (κ1) is 19.9. The molecule has 146 valence electrons. The quantitative estimate of drug-likeness (QED) is 0.536. The number of nitrogens with one attached hydrogen (secondary N) is 1. The van der Waals surface area contributed by atoms with Gasteiger partial charge in [0.05, 0.1) is 22.4 Å². The van der Waals surface area contributed by atoms with Crippen LogP contribution in [0.2, 0.25) is 0 Å². The van der Waals surface area contributed by atoms with Gasteiger partial charge in [0.2, 0.25) is 0 Å². The highest BCUT2D eigenvalue weighted by molar-refractivity contribution is 7.82. The fourth-order valence-electron chi connectivity index (χ4n) is 2.34. The van der Waals surface area contributed by atoms with Crippen LogP contribution in [0.1, 0.15) is 24.3 Å². The fraction of sp³-hybridized carbons (Fsp3) is 0.167. The molecule has 0 saturated heterocycles. The van der Waals surface area contributed by atoms with Crippen LogP contribution in [0.15, 0.2) is 46.8 Å². The highest BCUT2D eigenvalue weighted by Gasteiger charge is 2.13. The number of nitrogens with two attached hydrogens (primary N) is 1. The second-order valence-corrected chi connectivity index (χ2v) is 7.95. The van der Waals surface area contributed by atoms with Crippen LogP contribution < -0.4 is 15.2 Å². The fourth-order valence-corrected chi connectivity index (χ4v) is 3.51. The Bertz CT molecular complexity index is 1020. The molecule has 0 aliphatic carbocycles. The predicted octanol–water partition coefficient (Wildman–Crippen LogP) is 3.42. The van der Waals surface area contributed by atoms with Crippen molar-refractivity contribution in [2.45, 2.75) is 24.8 Å². The minimum atomic E-state index is -1.62. The number of carboxylic acids is 1. The largest absolute Gasteiger partial charge is 0.489 e. The summed E-state index contributed by atoms with van der Waals surface area (Å²) < 4.78 is 17.4. The number of benzene rings is 1. The lowest BCUT2D eigenvalue weighted by atomic mass is 10.2. The van der Waals surface area contributed by atoms with Crippen molar-refractivity contribution in [3.05, 3.63) is 47.6 Å². The van der Waals surface area contributed by atoms with E-state index in [0.717, 1.165) is 0 Å². The molecule has 2 aromatic heterocycles. The van der Waals surface area contributed by atoms with Crippen LogP contribution in [0.25, 0.3) is 11.3 Å². The molecule has 0 aliphatic heterocycles. The summed E-state index contributed by atoms with van der Waals surface area (Å²) in [6.07, 6.45) is 1.42. The van der Waals surface area contributed by atoms with E-state index in [0.29, 0.717) is 32.7 Å². The van der Waals surface area contributed by atoms with Crippen LogP contribution in [0.5, 0.6) is 5.75 Å². The highest BCUT2D eigenvalue weighted by Crippen LogP contribution is 2.33. The molecule has 28 heavy (non-hydrogen) atoms. The molecule has 1 atom stereocenters. The monoisotopic (exact) mass is 418 g/mol. The highest BCUT2D eigenvalue weighted by atomic mass is 32.2. The van der Waals surface area contributed by atoms with Crippen molar-refractivity contribution < 1.29 is 18.8 Å². The molecule has 0 saturated carbocycles. The van der Waals surface area contributed by atoms with E-state index in [1.165, 1.54) is 23.6 Å². The number of carboxylic acid groups (broad SMARTS) is 1. The first-order chi connectivity index (χ1) is 13.3. The van der Waals surface area contributed by atoms with E-state index in [1.807, 2.05) is 19.2 Å². The van der Waals surface area contributed by atoms with Gasteiger partial charge in [-0.2, -0.15) is 0 Å². The zero-order valence-electron chi connectivity index (χ0n) is 15.1. The molecule has 3 rings (SSSR count). The Kier molecular flexibility index (Phi) is 6.02. The normalized spacial score (nSPS) is 12.0. The van der Waals surface area contributed by atoms with Gasteiger partial charge in [-0.3, -0.25) is 0 Å². The van der Waals surface area contributed by atoms with Crippen molar-refractivity contribution >= 4 is 39.1 Å². The molecule has 1 unspecified atom stereocenters. The number of ether oxygens (including phenoxy) is 1. The molecule has 0 fully saturated rings. The molecule has 8 nitrogen and oxygen atoms in total. The van der Waals surface area contributed by atoms with E-state index in [9.17, 15) is 9.00 Å². The van der Waals surface area contributed by atoms with Crippen molar-refractivity contribution in [3.63, 3.8) is 0 Å². The maximum Gasteiger partial charge on any atom is 0.354 e. The molecule has 0 amide bonds. The second-order valence-electron chi connectivity index (χ2n) is 6.02. The Labute approximate surface area is 168 Å². The van der Waals surface area contributed by atoms with Gasteiger partial charge in [-0.05, 0) is 44.2 Å². The Balaban J connectivity index is 1.87. The number of thiazole rings is 1. The summed E-state index contributed by atoms with van der Waals surface area (Å²) in [6.45, 7) is 3.82. The van der Waals surface area contributed by atoms with Crippen LogP contribution in [0.4, 0.5) is 10.8 Å². The number of hydrogen-bond donors (Lipinski definition) is 3. The molecule has 4 N–H and O–H groups in total. The summed E-state index contributed by atoms with van der Waals surface area (Å²) in [5, 5.41) is 20.0. The van der Waals surface area contributed by atoms with Gasteiger partial charge >= 0.3 is 5.97 Å². The molecule has 3 aromatic rings. The van der Waals surface area contributed by atoms with Crippen LogP contribution in [0, 0.1) is 0 Å². The summed E-state index contributed by atoms with van der Waals surface area (Å²) in [5.41, 5.74) is 1.93. The van der Waals surface area contributed by atoms with E-state index < -0.39 is 17.0 Å². The first-order valence-electron chi connectivity index (χ1n) is 8.22. The molecule has 2 heterocycles. The molecular formula is C18H18N4O4S2. The minimum Gasteiger partial charge on any atom is -0.489 e. The number of carbonyl (C=O) groups is 1. The lowest BCUT2D eigenvalue weighted by molar-refractivity contribution is 0.0690. The van der Waals surface area contributed by atoms with Crippen molar-refractivity contribution in [3.8, 4) is 17.0 Å². The Morgan fingerprint density at radius 2 is 2.11 bits per heavy atom. The van der Waals surface area contributed by atoms with Crippen molar-refractivity contribution in [1.29, 1.82) is 0 Å². The molecule has 0 aliphatic rings. The lowest BCUT2D eigenvalue weighted by Gasteiger charge is -2.15. The van der Waals surface area contributed by atoms with E-state index in [2.05, 4.69) is 15.3 Å². The second kappa shape index (κ2) is 8.46. The maximum absolute atomic E-state index is 11.6. The van der Waals surface area contributed by atoms with E-state index in [4.69, 9.17) is 15.0 Å². The number of aromatic nitrogens is 2. The summed E-state index contributed by atoms with van der Waals surface area (Å²) in [5.74, 6) is -0.490. The average molecular weight is 419 g/mol. The predicted molar refractivity (Wildman–Crippen MR) is 108 cm³/mol. The number of aromatic carboxylic acids is 1. The van der Waals surface area contributed by atoms with Crippen LogP contribution >= 0.6 is 11.3 Å². The molecule has 0 bridgehead atoms. The standard InChI is InChI=1S/C18H18N4O4S2/c1-10(2)26-16-6-4-12(28(19)25)7-14(16)21-18-22-15(9-27-18)11-3-5-13(17(23)24)20-8-11/h3-10H,19H2,1-2H3,(H,21,22)(H,23,24). The average Bonchev–Trinajstić information content (AvgIpc) is 3.11. The third-order valence-corrected chi connectivity index (χ3v) is 5.05. The third kappa shape index (κ3) is 4.71. The number of nitrogens with zero attached hydrogens (tertiary/aromatic N) is 2. The summed E-state index contributed by atoms with van der Waals surface area (Å²) in [4.78, 5) is 19.8. The minimum absolute atomic E-state index is 0.0283. The Hall–Kier alpha value is -2.82. The Morgan fingerprint density at radius 1 is 1.32 bits per heavy atom. The molecule has 1 aromatic carbocycles. The van der Waals surface area contributed by atoms with E-state index in [1.54, 1.807) is 24.3 Å². The maximum atomic E-state index is 11.6. The van der Waals surface area contributed by atoms with Gasteiger partial charge in [-0.25, -0.2) is 24.1 Å². The van der Waals surface area contributed by atoms with E-state index in [-0.39, 0.29) is 11.8 Å². The topological polar surface area (TPSA) is 127 Å².